The molecule has 0 aromatic heterocycles. The summed E-state index contributed by atoms with van der Waals surface area (Å²) in [5.41, 5.74) is 0.992. The summed E-state index contributed by atoms with van der Waals surface area (Å²) in [5.74, 6) is 0.134. The lowest BCUT2D eigenvalue weighted by molar-refractivity contribution is -0.114. The van der Waals surface area contributed by atoms with Gasteiger partial charge in [0, 0.05) is 11.4 Å². The number of allylic oxidation sites excluding steroid dienone is 1. The van der Waals surface area contributed by atoms with E-state index in [1.165, 1.54) is 0 Å². The minimum absolute atomic E-state index is 0.134. The predicted molar refractivity (Wildman–Crippen MR) is 55.8 cm³/mol. The van der Waals surface area contributed by atoms with Crippen LogP contribution in [0.25, 0.3) is 6.08 Å². The van der Waals surface area contributed by atoms with E-state index >= 15 is 0 Å². The highest BCUT2D eigenvalue weighted by Gasteiger charge is 1.90. The third kappa shape index (κ3) is 3.43. The molecule has 0 saturated carbocycles. The number of hydrogen-bond donors (Lipinski definition) is 0. The maximum absolute atomic E-state index is 10.9. The van der Waals surface area contributed by atoms with Crippen LogP contribution in [0, 0.1) is 0 Å². The van der Waals surface area contributed by atoms with Crippen LogP contribution in [0.4, 0.5) is 0 Å². The summed E-state index contributed by atoms with van der Waals surface area (Å²) in [6.45, 7) is 1.84. The lowest BCUT2D eigenvalue weighted by Gasteiger charge is -1.92. The average Bonchev–Trinajstić information content (AvgIpc) is 2.16. The Balaban J connectivity index is 2.69. The standard InChI is InChI=1S/C11H11ClO/c1-2-11(13)8-5-9-3-6-10(12)7-4-9/h3-8H,2H2,1H3. The number of carbonyl (C=O) groups is 1. The van der Waals surface area contributed by atoms with Gasteiger partial charge in [-0.2, -0.15) is 0 Å². The monoisotopic (exact) mass is 194 g/mol. The zero-order chi connectivity index (χ0) is 9.68. The molecular weight excluding hydrogens is 184 g/mol. The molecule has 13 heavy (non-hydrogen) atoms. The molecule has 0 N–H and O–H groups in total. The Morgan fingerprint density at radius 3 is 2.54 bits per heavy atom. The molecule has 1 rings (SSSR count). The molecular formula is C11H11ClO. The SMILES string of the molecule is CCC(=O)C=Cc1ccc(Cl)cc1. The molecule has 0 atom stereocenters. The van der Waals surface area contributed by atoms with E-state index in [9.17, 15) is 4.79 Å². The van der Waals surface area contributed by atoms with Crippen molar-refractivity contribution in [2.24, 2.45) is 0 Å². The fraction of sp³-hybridized carbons (Fsp3) is 0.182. The molecule has 0 aliphatic rings. The number of rotatable bonds is 3. The molecule has 0 radical (unpaired) electrons. The summed E-state index contributed by atoms with van der Waals surface area (Å²) in [6, 6.07) is 7.36. The number of carbonyl (C=O) groups excluding carboxylic acids is 1. The third-order valence-electron chi connectivity index (χ3n) is 1.68. The number of benzene rings is 1. The van der Waals surface area contributed by atoms with E-state index in [0.29, 0.717) is 11.4 Å². The van der Waals surface area contributed by atoms with Crippen molar-refractivity contribution < 1.29 is 4.79 Å². The number of hydrogen-bond acceptors (Lipinski definition) is 1. The zero-order valence-electron chi connectivity index (χ0n) is 7.46. The topological polar surface area (TPSA) is 17.1 Å². The molecule has 0 aliphatic heterocycles. The highest BCUT2D eigenvalue weighted by Crippen LogP contribution is 2.10. The highest BCUT2D eigenvalue weighted by molar-refractivity contribution is 6.30. The van der Waals surface area contributed by atoms with Crippen molar-refractivity contribution in [2.75, 3.05) is 0 Å². The van der Waals surface area contributed by atoms with Crippen LogP contribution in [-0.2, 0) is 4.79 Å². The first-order valence-corrected chi connectivity index (χ1v) is 4.56. The Morgan fingerprint density at radius 1 is 1.38 bits per heavy atom. The maximum atomic E-state index is 10.9. The van der Waals surface area contributed by atoms with Crippen LogP contribution in [0.5, 0.6) is 0 Å². The van der Waals surface area contributed by atoms with Crippen molar-refractivity contribution in [2.45, 2.75) is 13.3 Å². The van der Waals surface area contributed by atoms with E-state index in [-0.39, 0.29) is 5.78 Å². The largest absolute Gasteiger partial charge is 0.295 e. The van der Waals surface area contributed by atoms with Crippen LogP contribution in [0.1, 0.15) is 18.9 Å². The fourth-order valence-electron chi connectivity index (χ4n) is 0.881. The van der Waals surface area contributed by atoms with Gasteiger partial charge in [0.25, 0.3) is 0 Å². The van der Waals surface area contributed by atoms with E-state index in [2.05, 4.69) is 0 Å². The van der Waals surface area contributed by atoms with Crippen molar-refractivity contribution in [1.82, 2.24) is 0 Å². The van der Waals surface area contributed by atoms with Gasteiger partial charge in [0.2, 0.25) is 0 Å². The zero-order valence-corrected chi connectivity index (χ0v) is 8.21. The fourth-order valence-corrected chi connectivity index (χ4v) is 1.01. The highest BCUT2D eigenvalue weighted by atomic mass is 35.5. The molecule has 0 bridgehead atoms. The van der Waals surface area contributed by atoms with Crippen LogP contribution in [-0.4, -0.2) is 5.78 Å². The summed E-state index contributed by atoms with van der Waals surface area (Å²) < 4.78 is 0. The quantitative estimate of drug-likeness (QED) is 0.675. The Kier molecular flexibility index (Phi) is 3.71. The second-order valence-corrected chi connectivity index (χ2v) is 3.14. The van der Waals surface area contributed by atoms with E-state index in [1.54, 1.807) is 24.3 Å². The maximum Gasteiger partial charge on any atom is 0.155 e. The van der Waals surface area contributed by atoms with Crippen molar-refractivity contribution in [1.29, 1.82) is 0 Å². The van der Waals surface area contributed by atoms with Gasteiger partial charge in [-0.1, -0.05) is 36.7 Å². The van der Waals surface area contributed by atoms with Crippen LogP contribution in [0.15, 0.2) is 30.3 Å². The van der Waals surface area contributed by atoms with Gasteiger partial charge in [-0.25, -0.2) is 0 Å². The Labute approximate surface area is 83.0 Å². The summed E-state index contributed by atoms with van der Waals surface area (Å²) in [7, 11) is 0. The molecule has 0 spiro atoms. The van der Waals surface area contributed by atoms with Crippen LogP contribution in [0.3, 0.4) is 0 Å². The summed E-state index contributed by atoms with van der Waals surface area (Å²) in [4.78, 5) is 10.9. The first-order chi connectivity index (χ1) is 6.22. The Bertz CT molecular complexity index is 311. The minimum Gasteiger partial charge on any atom is -0.295 e. The van der Waals surface area contributed by atoms with E-state index in [1.807, 2.05) is 19.1 Å². The minimum atomic E-state index is 0.134. The van der Waals surface area contributed by atoms with Gasteiger partial charge < -0.3 is 0 Å². The second-order valence-electron chi connectivity index (χ2n) is 2.70. The molecule has 1 aromatic rings. The Hall–Kier alpha value is -1.08. The molecule has 0 fully saturated rings. The molecule has 0 unspecified atom stereocenters. The molecule has 0 amide bonds. The van der Waals surface area contributed by atoms with E-state index in [0.717, 1.165) is 5.56 Å². The number of ketones is 1. The lowest BCUT2D eigenvalue weighted by atomic mass is 10.2. The molecule has 0 saturated heterocycles. The van der Waals surface area contributed by atoms with Gasteiger partial charge in [0.1, 0.15) is 0 Å². The molecule has 1 aromatic carbocycles. The summed E-state index contributed by atoms with van der Waals surface area (Å²) >= 11 is 5.71. The summed E-state index contributed by atoms with van der Waals surface area (Å²) in [6.07, 6.45) is 3.93. The van der Waals surface area contributed by atoms with Crippen molar-refractivity contribution in [3.8, 4) is 0 Å². The summed E-state index contributed by atoms with van der Waals surface area (Å²) in [5, 5.41) is 0.707. The van der Waals surface area contributed by atoms with Crippen molar-refractivity contribution in [3.63, 3.8) is 0 Å². The molecule has 1 nitrogen and oxygen atoms in total. The first kappa shape index (κ1) is 10.0. The van der Waals surface area contributed by atoms with Gasteiger partial charge >= 0.3 is 0 Å². The Morgan fingerprint density at radius 2 is 2.00 bits per heavy atom. The van der Waals surface area contributed by atoms with Crippen molar-refractivity contribution >= 4 is 23.5 Å². The molecule has 0 aliphatic carbocycles. The van der Waals surface area contributed by atoms with Gasteiger partial charge in [0.15, 0.2) is 5.78 Å². The molecule has 2 heteroatoms. The van der Waals surface area contributed by atoms with E-state index < -0.39 is 0 Å². The van der Waals surface area contributed by atoms with Gasteiger partial charge in [-0.15, -0.1) is 0 Å². The first-order valence-electron chi connectivity index (χ1n) is 4.19. The van der Waals surface area contributed by atoms with Gasteiger partial charge in [-0.05, 0) is 23.8 Å². The molecule has 0 heterocycles. The predicted octanol–water partition coefficient (Wildman–Crippen LogP) is 3.33. The van der Waals surface area contributed by atoms with E-state index in [4.69, 9.17) is 11.6 Å². The normalized spacial score (nSPS) is 10.6. The lowest BCUT2D eigenvalue weighted by Crippen LogP contribution is -1.86. The third-order valence-corrected chi connectivity index (χ3v) is 1.93. The second kappa shape index (κ2) is 4.83. The number of halogens is 1. The van der Waals surface area contributed by atoms with Crippen molar-refractivity contribution in [3.05, 3.63) is 40.9 Å². The van der Waals surface area contributed by atoms with Crippen LogP contribution in [0.2, 0.25) is 5.02 Å². The van der Waals surface area contributed by atoms with Gasteiger partial charge in [0.05, 0.1) is 0 Å². The van der Waals surface area contributed by atoms with Crippen LogP contribution >= 0.6 is 11.6 Å². The van der Waals surface area contributed by atoms with Gasteiger partial charge in [-0.3, -0.25) is 4.79 Å². The average molecular weight is 195 g/mol. The smallest absolute Gasteiger partial charge is 0.155 e. The van der Waals surface area contributed by atoms with Crippen LogP contribution < -0.4 is 0 Å². The molecule has 68 valence electrons.